The van der Waals surface area contributed by atoms with Crippen molar-refractivity contribution in [1.82, 2.24) is 4.31 Å². The Morgan fingerprint density at radius 2 is 1.94 bits per heavy atom. The Balaban J connectivity index is 2.37. The summed E-state index contributed by atoms with van der Waals surface area (Å²) in [5.41, 5.74) is 0. The molecule has 1 aromatic rings. The maximum absolute atomic E-state index is 12.2. The molecule has 0 unspecified atom stereocenters. The monoisotopic (exact) mass is 255 g/mol. The van der Waals surface area contributed by atoms with Crippen molar-refractivity contribution in [2.75, 3.05) is 6.54 Å². The fourth-order valence-electron chi connectivity index (χ4n) is 2.00. The van der Waals surface area contributed by atoms with Crippen LogP contribution in [0.5, 0.6) is 0 Å². The summed E-state index contributed by atoms with van der Waals surface area (Å²) in [7, 11) is -3.68. The number of aliphatic carboxylic acids is 1. The first kappa shape index (κ1) is 12.1. The van der Waals surface area contributed by atoms with Gasteiger partial charge in [0.15, 0.2) is 0 Å². The highest BCUT2D eigenvalue weighted by molar-refractivity contribution is 7.89. The highest BCUT2D eigenvalue weighted by atomic mass is 32.2. The molecule has 0 radical (unpaired) electrons. The average Bonchev–Trinajstić information content (AvgIpc) is 2.80. The number of benzene rings is 1. The van der Waals surface area contributed by atoms with Gasteiger partial charge in [0.2, 0.25) is 10.0 Å². The van der Waals surface area contributed by atoms with Crippen molar-refractivity contribution >= 4 is 16.0 Å². The molecule has 0 amide bonds. The van der Waals surface area contributed by atoms with Gasteiger partial charge in [0.05, 0.1) is 4.90 Å². The third-order valence-electron chi connectivity index (χ3n) is 2.84. The van der Waals surface area contributed by atoms with Crippen molar-refractivity contribution in [3.05, 3.63) is 30.3 Å². The number of rotatable bonds is 3. The standard InChI is InChI=1S/C11H13NO4S/c13-11(14)10-7-4-8-12(10)17(15,16)9-5-2-1-3-6-9/h1-3,5-6,10H,4,7-8H2,(H,13,14)/t10-/m1/s1. The summed E-state index contributed by atoms with van der Waals surface area (Å²) in [4.78, 5) is 11.1. The Bertz CT molecular complexity index is 512. The number of hydrogen-bond acceptors (Lipinski definition) is 3. The van der Waals surface area contributed by atoms with Gasteiger partial charge < -0.3 is 5.11 Å². The van der Waals surface area contributed by atoms with Crippen LogP contribution >= 0.6 is 0 Å². The normalized spacial score (nSPS) is 21.5. The van der Waals surface area contributed by atoms with Crippen LogP contribution in [0.25, 0.3) is 0 Å². The SMILES string of the molecule is O=C(O)[C@H]1CCCN1S(=O)(=O)c1ccccc1. The van der Waals surface area contributed by atoms with Crippen LogP contribution in [0.2, 0.25) is 0 Å². The topological polar surface area (TPSA) is 74.7 Å². The third kappa shape index (κ3) is 2.18. The Hall–Kier alpha value is -1.40. The molecule has 17 heavy (non-hydrogen) atoms. The molecular formula is C11H13NO4S. The van der Waals surface area contributed by atoms with E-state index in [0.717, 1.165) is 4.31 Å². The second-order valence-electron chi connectivity index (χ2n) is 3.93. The molecule has 1 heterocycles. The van der Waals surface area contributed by atoms with Gasteiger partial charge in [-0.1, -0.05) is 18.2 Å². The van der Waals surface area contributed by atoms with Crippen LogP contribution in [-0.4, -0.2) is 36.4 Å². The molecule has 92 valence electrons. The summed E-state index contributed by atoms with van der Waals surface area (Å²) in [5, 5.41) is 8.99. The molecule has 0 saturated carbocycles. The minimum absolute atomic E-state index is 0.146. The summed E-state index contributed by atoms with van der Waals surface area (Å²) >= 11 is 0. The fraction of sp³-hybridized carbons (Fsp3) is 0.364. The molecule has 1 atom stereocenters. The van der Waals surface area contributed by atoms with Gasteiger partial charge in [-0.15, -0.1) is 0 Å². The molecule has 6 heteroatoms. The highest BCUT2D eigenvalue weighted by Gasteiger charge is 2.39. The molecular weight excluding hydrogens is 242 g/mol. The molecule has 0 bridgehead atoms. The van der Waals surface area contributed by atoms with Crippen LogP contribution in [0, 0.1) is 0 Å². The second-order valence-corrected chi connectivity index (χ2v) is 5.82. The Morgan fingerprint density at radius 3 is 2.53 bits per heavy atom. The van der Waals surface area contributed by atoms with Gasteiger partial charge in [0.1, 0.15) is 6.04 Å². The van der Waals surface area contributed by atoms with Crippen molar-refractivity contribution < 1.29 is 18.3 Å². The molecule has 5 nitrogen and oxygen atoms in total. The van der Waals surface area contributed by atoms with Crippen LogP contribution in [0.1, 0.15) is 12.8 Å². The van der Waals surface area contributed by atoms with Crippen molar-refractivity contribution in [3.63, 3.8) is 0 Å². The summed E-state index contributed by atoms with van der Waals surface area (Å²) in [6.45, 7) is 0.272. The van der Waals surface area contributed by atoms with Gasteiger partial charge in [-0.05, 0) is 25.0 Å². The molecule has 1 aliphatic heterocycles. The molecule has 1 fully saturated rings. The van der Waals surface area contributed by atoms with Gasteiger partial charge >= 0.3 is 5.97 Å². The van der Waals surface area contributed by atoms with Crippen LogP contribution in [-0.2, 0) is 14.8 Å². The van der Waals surface area contributed by atoms with E-state index < -0.39 is 22.0 Å². The van der Waals surface area contributed by atoms with Crippen LogP contribution < -0.4 is 0 Å². The molecule has 1 aromatic carbocycles. The van der Waals surface area contributed by atoms with Crippen molar-refractivity contribution in [2.24, 2.45) is 0 Å². The van der Waals surface area contributed by atoms with Gasteiger partial charge in [0, 0.05) is 6.54 Å². The number of nitrogens with zero attached hydrogens (tertiary/aromatic N) is 1. The van der Waals surface area contributed by atoms with Crippen molar-refractivity contribution in [3.8, 4) is 0 Å². The summed E-state index contributed by atoms with van der Waals surface area (Å²) in [6.07, 6.45) is 0.963. The molecule has 0 aromatic heterocycles. The van der Waals surface area contributed by atoms with Gasteiger partial charge in [0.25, 0.3) is 0 Å². The molecule has 2 rings (SSSR count). The lowest BCUT2D eigenvalue weighted by Crippen LogP contribution is -2.40. The molecule has 0 spiro atoms. The van der Waals surface area contributed by atoms with E-state index in [1.54, 1.807) is 18.2 Å². The lowest BCUT2D eigenvalue weighted by Gasteiger charge is -2.20. The first-order valence-electron chi connectivity index (χ1n) is 5.33. The predicted molar refractivity (Wildman–Crippen MR) is 61.0 cm³/mol. The second kappa shape index (κ2) is 4.46. The highest BCUT2D eigenvalue weighted by Crippen LogP contribution is 2.25. The Labute approximate surface area is 99.7 Å². The zero-order chi connectivity index (χ0) is 12.5. The van der Waals surface area contributed by atoms with Gasteiger partial charge in [-0.2, -0.15) is 4.31 Å². The number of carboxylic acid groups (broad SMARTS) is 1. The van der Waals surface area contributed by atoms with E-state index in [0.29, 0.717) is 12.8 Å². The number of hydrogen-bond donors (Lipinski definition) is 1. The zero-order valence-electron chi connectivity index (χ0n) is 9.11. The first-order chi connectivity index (χ1) is 8.03. The lowest BCUT2D eigenvalue weighted by atomic mass is 10.2. The first-order valence-corrected chi connectivity index (χ1v) is 6.77. The van der Waals surface area contributed by atoms with Crippen LogP contribution in [0.3, 0.4) is 0 Å². The van der Waals surface area contributed by atoms with E-state index >= 15 is 0 Å². The van der Waals surface area contributed by atoms with Crippen molar-refractivity contribution in [1.29, 1.82) is 0 Å². The third-order valence-corrected chi connectivity index (χ3v) is 4.76. The Kier molecular flexibility index (Phi) is 3.17. The fourth-order valence-corrected chi connectivity index (χ4v) is 3.67. The quantitative estimate of drug-likeness (QED) is 0.871. The molecule has 1 N–H and O–H groups in total. The van der Waals surface area contributed by atoms with E-state index in [4.69, 9.17) is 5.11 Å². The van der Waals surface area contributed by atoms with E-state index in [2.05, 4.69) is 0 Å². The molecule has 0 aliphatic carbocycles. The largest absolute Gasteiger partial charge is 0.480 e. The van der Waals surface area contributed by atoms with E-state index in [9.17, 15) is 13.2 Å². The minimum Gasteiger partial charge on any atom is -0.480 e. The van der Waals surface area contributed by atoms with Crippen molar-refractivity contribution in [2.45, 2.75) is 23.8 Å². The maximum Gasteiger partial charge on any atom is 0.322 e. The number of sulfonamides is 1. The van der Waals surface area contributed by atoms with Gasteiger partial charge in [-0.25, -0.2) is 8.42 Å². The summed E-state index contributed by atoms with van der Waals surface area (Å²) in [5.74, 6) is -1.08. The molecule has 1 aliphatic rings. The minimum atomic E-state index is -3.68. The smallest absolute Gasteiger partial charge is 0.322 e. The predicted octanol–water partition coefficient (Wildman–Crippen LogP) is 0.924. The summed E-state index contributed by atoms with van der Waals surface area (Å²) < 4.78 is 25.5. The summed E-state index contributed by atoms with van der Waals surface area (Å²) in [6, 6.07) is 6.99. The average molecular weight is 255 g/mol. The number of carbonyl (C=O) groups is 1. The van der Waals surface area contributed by atoms with Gasteiger partial charge in [-0.3, -0.25) is 4.79 Å². The Morgan fingerprint density at radius 1 is 1.29 bits per heavy atom. The number of carboxylic acids is 1. The van der Waals surface area contributed by atoms with E-state index in [1.165, 1.54) is 12.1 Å². The molecule has 1 saturated heterocycles. The van der Waals surface area contributed by atoms with E-state index in [1.807, 2.05) is 0 Å². The lowest BCUT2D eigenvalue weighted by molar-refractivity contribution is -0.140. The van der Waals surface area contributed by atoms with E-state index in [-0.39, 0.29) is 11.4 Å². The van der Waals surface area contributed by atoms with Crippen LogP contribution in [0.15, 0.2) is 35.2 Å². The maximum atomic E-state index is 12.2. The van der Waals surface area contributed by atoms with Crippen LogP contribution in [0.4, 0.5) is 0 Å². The zero-order valence-corrected chi connectivity index (χ0v) is 9.93.